The average molecular weight is 559 g/mol. The van der Waals surface area contributed by atoms with Crippen LogP contribution in [0, 0.1) is 0 Å². The second kappa shape index (κ2) is 12.5. The number of hydrogen-bond acceptors (Lipinski definition) is 7. The van der Waals surface area contributed by atoms with Crippen molar-refractivity contribution in [2.45, 2.75) is 57.4 Å². The van der Waals surface area contributed by atoms with Gasteiger partial charge in [0.1, 0.15) is 5.75 Å². The molecule has 1 aliphatic heterocycles. The monoisotopic (exact) mass is 558 g/mol. The van der Waals surface area contributed by atoms with Crippen LogP contribution in [0.2, 0.25) is 0 Å². The molecular formula is C28H38N4O4S2. The van der Waals surface area contributed by atoms with Crippen LogP contribution in [-0.2, 0) is 10.0 Å². The fraction of sp³-hybridized carbons (Fsp3) is 0.500. The molecule has 1 fully saturated rings. The SMILES string of the molecule is CCC1CCCCN1S(=O)(=O)c1ccc(C(=O)N(CCN(CC)CC)c2nc3ccc(OC)cc3s2)cc1. The molecule has 206 valence electrons. The van der Waals surface area contributed by atoms with E-state index in [0.29, 0.717) is 30.3 Å². The van der Waals surface area contributed by atoms with Gasteiger partial charge in [-0.1, -0.05) is 38.5 Å². The van der Waals surface area contributed by atoms with Crippen LogP contribution < -0.4 is 9.64 Å². The molecule has 8 nitrogen and oxygen atoms in total. The van der Waals surface area contributed by atoms with Crippen molar-refractivity contribution in [3.05, 3.63) is 48.0 Å². The lowest BCUT2D eigenvalue weighted by Crippen LogP contribution is -2.43. The standard InChI is InChI=1S/C28H38N4O4S2/c1-5-22-10-8-9-17-32(22)38(34,35)24-14-11-21(12-15-24)27(33)31(19-18-30(6-2)7-3)28-29-25-16-13-23(36-4)20-26(25)37-28/h11-16,20,22H,5-10,17-19H2,1-4H3. The lowest BCUT2D eigenvalue weighted by molar-refractivity contribution is 0.0983. The summed E-state index contributed by atoms with van der Waals surface area (Å²) in [5, 5.41) is 0.612. The van der Waals surface area contributed by atoms with Gasteiger partial charge in [0.25, 0.3) is 5.91 Å². The van der Waals surface area contributed by atoms with Crippen molar-refractivity contribution in [2.75, 3.05) is 44.7 Å². The number of likely N-dealkylation sites (N-methyl/N-ethyl adjacent to an activating group) is 1. The maximum Gasteiger partial charge on any atom is 0.260 e. The Morgan fingerprint density at radius 2 is 1.82 bits per heavy atom. The molecule has 2 heterocycles. The van der Waals surface area contributed by atoms with Gasteiger partial charge in [0.15, 0.2) is 5.13 Å². The number of nitrogens with zero attached hydrogens (tertiary/aromatic N) is 4. The Morgan fingerprint density at radius 1 is 1.08 bits per heavy atom. The third kappa shape index (κ3) is 6.03. The fourth-order valence-corrected chi connectivity index (χ4v) is 7.75. The largest absolute Gasteiger partial charge is 0.497 e. The third-order valence-electron chi connectivity index (χ3n) is 7.35. The summed E-state index contributed by atoms with van der Waals surface area (Å²) in [6.45, 7) is 9.73. The van der Waals surface area contributed by atoms with E-state index in [9.17, 15) is 13.2 Å². The summed E-state index contributed by atoms with van der Waals surface area (Å²) in [7, 11) is -1.99. The molecule has 10 heteroatoms. The number of sulfonamides is 1. The molecule has 0 aliphatic carbocycles. The number of fused-ring (bicyclic) bond motifs is 1. The van der Waals surface area contributed by atoms with E-state index in [2.05, 4.69) is 18.7 Å². The van der Waals surface area contributed by atoms with Gasteiger partial charge in [-0.05, 0) is 74.8 Å². The highest BCUT2D eigenvalue weighted by molar-refractivity contribution is 7.89. The van der Waals surface area contributed by atoms with Crippen LogP contribution in [0.4, 0.5) is 5.13 Å². The van der Waals surface area contributed by atoms with Gasteiger partial charge in [-0.3, -0.25) is 9.69 Å². The summed E-state index contributed by atoms with van der Waals surface area (Å²) in [4.78, 5) is 22.7. The number of carbonyl (C=O) groups excluding carboxylic acids is 1. The third-order valence-corrected chi connectivity index (χ3v) is 10.4. The number of benzene rings is 2. The Kier molecular flexibility index (Phi) is 9.40. The van der Waals surface area contributed by atoms with Crippen LogP contribution >= 0.6 is 11.3 Å². The molecule has 3 aromatic rings. The van der Waals surface area contributed by atoms with Crippen LogP contribution in [0.15, 0.2) is 47.4 Å². The first-order chi connectivity index (χ1) is 18.3. The zero-order valence-electron chi connectivity index (χ0n) is 22.7. The van der Waals surface area contributed by atoms with Gasteiger partial charge in [-0.25, -0.2) is 13.4 Å². The van der Waals surface area contributed by atoms with Gasteiger partial charge >= 0.3 is 0 Å². The van der Waals surface area contributed by atoms with Crippen molar-refractivity contribution in [2.24, 2.45) is 0 Å². The Hall–Kier alpha value is -2.53. The maximum absolute atomic E-state index is 13.8. The van der Waals surface area contributed by atoms with E-state index in [1.807, 2.05) is 25.1 Å². The molecule has 0 radical (unpaired) electrons. The summed E-state index contributed by atoms with van der Waals surface area (Å²) < 4.78 is 34.7. The molecular weight excluding hydrogens is 520 g/mol. The van der Waals surface area contributed by atoms with Crippen molar-refractivity contribution in [1.29, 1.82) is 0 Å². The van der Waals surface area contributed by atoms with Crippen molar-refractivity contribution in [3.63, 3.8) is 0 Å². The van der Waals surface area contributed by atoms with Gasteiger partial charge in [0, 0.05) is 31.2 Å². The molecule has 0 N–H and O–H groups in total. The number of piperidine rings is 1. The van der Waals surface area contributed by atoms with Crippen LogP contribution in [0.3, 0.4) is 0 Å². The van der Waals surface area contributed by atoms with Gasteiger partial charge in [0.2, 0.25) is 10.0 Å². The molecule has 1 amide bonds. The summed E-state index contributed by atoms with van der Waals surface area (Å²) in [6.07, 6.45) is 3.62. The molecule has 0 bridgehead atoms. The van der Waals surface area contributed by atoms with Gasteiger partial charge in [-0.15, -0.1) is 0 Å². The normalized spacial score (nSPS) is 16.7. The van der Waals surface area contributed by atoms with Crippen LogP contribution in [0.5, 0.6) is 5.75 Å². The molecule has 1 aromatic heterocycles. The molecule has 1 unspecified atom stereocenters. The number of ether oxygens (including phenoxy) is 1. The van der Waals surface area contributed by atoms with E-state index in [1.54, 1.807) is 40.6 Å². The lowest BCUT2D eigenvalue weighted by Gasteiger charge is -2.34. The van der Waals surface area contributed by atoms with Gasteiger partial charge in [-0.2, -0.15) is 4.31 Å². The number of hydrogen-bond donors (Lipinski definition) is 0. The minimum Gasteiger partial charge on any atom is -0.497 e. The molecule has 38 heavy (non-hydrogen) atoms. The summed E-state index contributed by atoms with van der Waals surface area (Å²) in [5.74, 6) is 0.543. The zero-order valence-corrected chi connectivity index (χ0v) is 24.4. The quantitative estimate of drug-likeness (QED) is 0.320. The van der Waals surface area contributed by atoms with E-state index in [1.165, 1.54) is 11.3 Å². The number of methoxy groups -OCH3 is 1. The number of rotatable bonds is 11. The van der Waals surface area contributed by atoms with Crippen molar-refractivity contribution < 1.29 is 17.9 Å². The van der Waals surface area contributed by atoms with E-state index in [-0.39, 0.29) is 16.8 Å². The van der Waals surface area contributed by atoms with E-state index in [0.717, 1.165) is 54.7 Å². The fourth-order valence-electron chi connectivity index (χ4n) is 4.96. The first-order valence-corrected chi connectivity index (χ1v) is 15.7. The lowest BCUT2D eigenvalue weighted by atomic mass is 10.0. The van der Waals surface area contributed by atoms with E-state index in [4.69, 9.17) is 9.72 Å². The minimum absolute atomic E-state index is 0.0308. The predicted octanol–water partition coefficient (Wildman–Crippen LogP) is 5.25. The second-order valence-corrected chi connectivity index (χ2v) is 12.4. The number of aromatic nitrogens is 1. The Morgan fingerprint density at radius 3 is 2.47 bits per heavy atom. The minimum atomic E-state index is -3.61. The molecule has 2 aromatic carbocycles. The molecule has 1 atom stereocenters. The second-order valence-electron chi connectivity index (χ2n) is 9.51. The molecule has 0 saturated carbocycles. The summed E-state index contributed by atoms with van der Waals surface area (Å²) >= 11 is 1.45. The molecule has 4 rings (SSSR count). The van der Waals surface area contributed by atoms with Crippen LogP contribution in [0.1, 0.15) is 56.8 Å². The first-order valence-electron chi connectivity index (χ1n) is 13.4. The van der Waals surface area contributed by atoms with Gasteiger partial charge < -0.3 is 9.64 Å². The van der Waals surface area contributed by atoms with Crippen molar-refractivity contribution in [3.8, 4) is 5.75 Å². The number of thiazole rings is 1. The first kappa shape index (κ1) is 28.5. The van der Waals surface area contributed by atoms with E-state index < -0.39 is 10.0 Å². The zero-order chi connectivity index (χ0) is 27.3. The molecule has 1 aliphatic rings. The smallest absolute Gasteiger partial charge is 0.260 e. The highest BCUT2D eigenvalue weighted by atomic mass is 32.2. The number of carbonyl (C=O) groups is 1. The molecule has 1 saturated heterocycles. The van der Waals surface area contributed by atoms with Gasteiger partial charge in [0.05, 0.1) is 22.2 Å². The highest BCUT2D eigenvalue weighted by Crippen LogP contribution is 2.33. The van der Waals surface area contributed by atoms with Crippen molar-refractivity contribution in [1.82, 2.24) is 14.2 Å². The summed E-state index contributed by atoms with van der Waals surface area (Å²) in [6, 6.07) is 12.1. The molecule has 0 spiro atoms. The topological polar surface area (TPSA) is 83.1 Å². The highest BCUT2D eigenvalue weighted by Gasteiger charge is 2.32. The Labute approximate surface area is 230 Å². The Balaban J connectivity index is 1.62. The van der Waals surface area contributed by atoms with E-state index >= 15 is 0 Å². The Bertz CT molecular complexity index is 1340. The van der Waals surface area contributed by atoms with Crippen LogP contribution in [-0.4, -0.2) is 74.4 Å². The van der Waals surface area contributed by atoms with Crippen molar-refractivity contribution >= 4 is 42.6 Å². The number of anilines is 1. The predicted molar refractivity (Wildman–Crippen MR) is 154 cm³/mol. The number of amides is 1. The maximum atomic E-state index is 13.8. The summed E-state index contributed by atoms with van der Waals surface area (Å²) in [5.41, 5.74) is 1.24. The average Bonchev–Trinajstić information content (AvgIpc) is 3.38. The van der Waals surface area contributed by atoms with Crippen LogP contribution in [0.25, 0.3) is 10.2 Å².